The second kappa shape index (κ2) is 9.74. The molecule has 6 nitrogen and oxygen atoms in total. The number of rotatable bonds is 6. The molecular formula is C24H19F3N2O4S2. The number of nitrogens with zero attached hydrogens (tertiary/aromatic N) is 1. The standard InChI is InChI=1S/C24H19F3N2O4S2/c25-24(26,27)18-7-9-19(10-8-18)35(32,33)29-12-13-34-22-11-6-17(14-20(22)29)23(31)28-15-21(30)16-4-2-1-3-5-16/h1-11,14H,12-13,15H2,(H,28,31). The van der Waals surface area contributed by atoms with E-state index in [4.69, 9.17) is 0 Å². The van der Waals surface area contributed by atoms with Crippen molar-refractivity contribution in [1.29, 1.82) is 0 Å². The van der Waals surface area contributed by atoms with Crippen LogP contribution in [-0.2, 0) is 16.2 Å². The van der Waals surface area contributed by atoms with E-state index in [9.17, 15) is 31.2 Å². The summed E-state index contributed by atoms with van der Waals surface area (Å²) in [6.07, 6.45) is -4.58. The lowest BCUT2D eigenvalue weighted by atomic mass is 10.1. The first-order valence-corrected chi connectivity index (χ1v) is 12.8. The summed E-state index contributed by atoms with van der Waals surface area (Å²) < 4.78 is 66.2. The van der Waals surface area contributed by atoms with Crippen molar-refractivity contribution in [3.05, 3.63) is 89.5 Å². The van der Waals surface area contributed by atoms with E-state index in [0.29, 0.717) is 16.2 Å². The number of benzene rings is 3. The molecule has 0 spiro atoms. The molecule has 1 aliphatic rings. The Morgan fingerprint density at radius 3 is 2.29 bits per heavy atom. The highest BCUT2D eigenvalue weighted by Crippen LogP contribution is 2.39. The molecule has 1 aliphatic heterocycles. The van der Waals surface area contributed by atoms with Gasteiger partial charge in [-0.15, -0.1) is 11.8 Å². The summed E-state index contributed by atoms with van der Waals surface area (Å²) in [6, 6.07) is 16.3. The molecule has 35 heavy (non-hydrogen) atoms. The van der Waals surface area contributed by atoms with Crippen LogP contribution in [0.25, 0.3) is 0 Å². The highest BCUT2D eigenvalue weighted by atomic mass is 32.2. The van der Waals surface area contributed by atoms with Crippen molar-refractivity contribution < 1.29 is 31.2 Å². The van der Waals surface area contributed by atoms with E-state index in [2.05, 4.69) is 5.32 Å². The highest BCUT2D eigenvalue weighted by molar-refractivity contribution is 8.00. The monoisotopic (exact) mass is 520 g/mol. The summed E-state index contributed by atoms with van der Waals surface area (Å²) >= 11 is 1.40. The van der Waals surface area contributed by atoms with E-state index in [1.807, 2.05) is 0 Å². The number of fused-ring (bicyclic) bond motifs is 1. The van der Waals surface area contributed by atoms with Crippen LogP contribution in [0.3, 0.4) is 0 Å². The SMILES string of the molecule is O=C(CNC(=O)c1ccc2c(c1)N(S(=O)(=O)c1ccc(C(F)(F)F)cc1)CCS2)c1ccccc1. The van der Waals surface area contributed by atoms with E-state index in [-0.39, 0.29) is 35.0 Å². The predicted molar refractivity (Wildman–Crippen MR) is 126 cm³/mol. The van der Waals surface area contributed by atoms with Gasteiger partial charge < -0.3 is 5.32 Å². The predicted octanol–water partition coefficient (Wildman–Crippen LogP) is 4.62. The average molecular weight is 521 g/mol. The van der Waals surface area contributed by atoms with Gasteiger partial charge in [0.05, 0.1) is 22.7 Å². The summed E-state index contributed by atoms with van der Waals surface area (Å²) in [7, 11) is -4.18. The van der Waals surface area contributed by atoms with E-state index in [0.717, 1.165) is 28.6 Å². The molecule has 0 saturated heterocycles. The fourth-order valence-electron chi connectivity index (χ4n) is 3.52. The van der Waals surface area contributed by atoms with Gasteiger partial charge in [0.1, 0.15) is 0 Å². The molecule has 182 valence electrons. The molecule has 1 amide bonds. The second-order valence-electron chi connectivity index (χ2n) is 7.60. The number of ketones is 1. The fraction of sp³-hybridized carbons (Fsp3) is 0.167. The largest absolute Gasteiger partial charge is 0.416 e. The van der Waals surface area contributed by atoms with Gasteiger partial charge in [-0.3, -0.25) is 13.9 Å². The number of sulfonamides is 1. The number of amides is 1. The summed E-state index contributed by atoms with van der Waals surface area (Å²) in [5.74, 6) is -0.400. The third-order valence-corrected chi connectivity index (χ3v) is 8.19. The van der Waals surface area contributed by atoms with Gasteiger partial charge in [0.25, 0.3) is 15.9 Å². The number of thioether (sulfide) groups is 1. The molecule has 0 bridgehead atoms. The molecule has 1 N–H and O–H groups in total. The quantitative estimate of drug-likeness (QED) is 0.480. The molecule has 0 aromatic heterocycles. The first kappa shape index (κ1) is 24.8. The Kier molecular flexibility index (Phi) is 6.91. The molecule has 4 rings (SSSR count). The number of hydrogen-bond acceptors (Lipinski definition) is 5. The zero-order valence-corrected chi connectivity index (χ0v) is 19.7. The molecule has 0 atom stereocenters. The van der Waals surface area contributed by atoms with Crippen LogP contribution in [0, 0.1) is 0 Å². The summed E-state index contributed by atoms with van der Waals surface area (Å²) in [6.45, 7) is -0.152. The van der Waals surface area contributed by atoms with Crippen LogP contribution in [0.2, 0.25) is 0 Å². The molecule has 3 aromatic carbocycles. The highest BCUT2D eigenvalue weighted by Gasteiger charge is 2.33. The van der Waals surface area contributed by atoms with E-state index >= 15 is 0 Å². The molecule has 0 fully saturated rings. The fourth-order valence-corrected chi connectivity index (χ4v) is 6.14. The lowest BCUT2D eigenvalue weighted by molar-refractivity contribution is -0.137. The average Bonchev–Trinajstić information content (AvgIpc) is 2.86. The molecule has 0 unspecified atom stereocenters. The third kappa shape index (κ3) is 5.35. The number of Topliss-reactive ketones (excluding diaryl/α,β-unsaturated/α-hetero) is 1. The smallest absolute Gasteiger partial charge is 0.345 e. The minimum Gasteiger partial charge on any atom is -0.345 e. The van der Waals surface area contributed by atoms with Crippen molar-refractivity contribution in [2.24, 2.45) is 0 Å². The van der Waals surface area contributed by atoms with E-state index < -0.39 is 27.7 Å². The number of carbonyl (C=O) groups excluding carboxylic acids is 2. The lowest BCUT2D eigenvalue weighted by Crippen LogP contribution is -2.36. The number of alkyl halides is 3. The molecular weight excluding hydrogens is 501 g/mol. The topological polar surface area (TPSA) is 83.6 Å². The minimum atomic E-state index is -4.58. The Hall–Kier alpha value is -3.31. The Bertz CT molecular complexity index is 1360. The van der Waals surface area contributed by atoms with Gasteiger partial charge in [0.2, 0.25) is 0 Å². The van der Waals surface area contributed by atoms with E-state index in [1.54, 1.807) is 36.4 Å². The van der Waals surface area contributed by atoms with Gasteiger partial charge >= 0.3 is 6.18 Å². The Labute approximate surface area is 204 Å². The zero-order chi connectivity index (χ0) is 25.2. The van der Waals surface area contributed by atoms with E-state index in [1.165, 1.54) is 23.9 Å². The van der Waals surface area contributed by atoms with Gasteiger partial charge in [-0.2, -0.15) is 13.2 Å². The number of nitrogens with one attached hydrogen (secondary N) is 1. The maximum absolute atomic E-state index is 13.3. The molecule has 0 saturated carbocycles. The Morgan fingerprint density at radius 1 is 0.943 bits per heavy atom. The number of hydrogen-bond donors (Lipinski definition) is 1. The van der Waals surface area contributed by atoms with Crippen molar-refractivity contribution in [1.82, 2.24) is 5.32 Å². The van der Waals surface area contributed by atoms with Gasteiger partial charge in [-0.1, -0.05) is 30.3 Å². The van der Waals surface area contributed by atoms with Crippen LogP contribution >= 0.6 is 11.8 Å². The van der Waals surface area contributed by atoms with Crippen molar-refractivity contribution in [3.63, 3.8) is 0 Å². The number of carbonyl (C=O) groups is 2. The molecule has 1 heterocycles. The minimum absolute atomic E-state index is 0.0819. The summed E-state index contributed by atoms with van der Waals surface area (Å²) in [5, 5.41) is 2.54. The van der Waals surface area contributed by atoms with Crippen molar-refractivity contribution in [3.8, 4) is 0 Å². The van der Waals surface area contributed by atoms with Crippen LogP contribution in [0.15, 0.2) is 82.6 Å². The first-order valence-electron chi connectivity index (χ1n) is 10.4. The van der Waals surface area contributed by atoms with Crippen molar-refractivity contribution >= 4 is 39.2 Å². The maximum atomic E-state index is 13.3. The molecule has 0 aliphatic carbocycles. The van der Waals surface area contributed by atoms with Crippen molar-refractivity contribution in [2.45, 2.75) is 16.0 Å². The Morgan fingerprint density at radius 2 is 1.63 bits per heavy atom. The third-order valence-electron chi connectivity index (χ3n) is 5.32. The summed E-state index contributed by atoms with van der Waals surface area (Å²) in [4.78, 5) is 25.3. The van der Waals surface area contributed by atoms with Crippen LogP contribution in [-0.4, -0.2) is 39.0 Å². The van der Waals surface area contributed by atoms with Gasteiger partial charge in [-0.25, -0.2) is 8.42 Å². The molecule has 0 radical (unpaired) electrons. The second-order valence-corrected chi connectivity index (χ2v) is 10.6. The normalized spacial score (nSPS) is 13.7. The lowest BCUT2D eigenvalue weighted by Gasteiger charge is -2.30. The van der Waals surface area contributed by atoms with Crippen LogP contribution < -0.4 is 9.62 Å². The van der Waals surface area contributed by atoms with Gasteiger partial charge in [-0.05, 0) is 42.5 Å². The summed E-state index contributed by atoms with van der Waals surface area (Å²) in [5.41, 5.74) is -0.0959. The maximum Gasteiger partial charge on any atom is 0.416 e. The Balaban J connectivity index is 1.56. The van der Waals surface area contributed by atoms with Crippen LogP contribution in [0.4, 0.5) is 18.9 Å². The van der Waals surface area contributed by atoms with Crippen LogP contribution in [0.1, 0.15) is 26.3 Å². The number of halogens is 3. The van der Waals surface area contributed by atoms with Gasteiger partial charge in [0, 0.05) is 28.3 Å². The van der Waals surface area contributed by atoms with Crippen molar-refractivity contribution in [2.75, 3.05) is 23.1 Å². The number of anilines is 1. The van der Waals surface area contributed by atoms with Gasteiger partial charge in [0.15, 0.2) is 5.78 Å². The molecule has 11 heteroatoms. The zero-order valence-electron chi connectivity index (χ0n) is 18.1. The first-order chi connectivity index (χ1) is 16.6. The van der Waals surface area contributed by atoms with Crippen LogP contribution in [0.5, 0.6) is 0 Å². The molecule has 3 aromatic rings.